The fourth-order valence-corrected chi connectivity index (χ4v) is 2.61. The molecule has 1 aliphatic rings. The second-order valence-corrected chi connectivity index (χ2v) is 5.25. The first-order chi connectivity index (χ1) is 9.08. The van der Waals surface area contributed by atoms with Crippen molar-refractivity contribution in [2.75, 3.05) is 13.1 Å². The van der Waals surface area contributed by atoms with Gasteiger partial charge in [0.1, 0.15) is 0 Å². The molecule has 1 aromatic carbocycles. The summed E-state index contributed by atoms with van der Waals surface area (Å²) in [5, 5.41) is 12.4. The minimum atomic E-state index is 0.0169. The van der Waals surface area contributed by atoms with Crippen molar-refractivity contribution in [1.29, 1.82) is 5.26 Å². The van der Waals surface area contributed by atoms with Crippen LogP contribution >= 0.6 is 11.6 Å². The lowest BCUT2D eigenvalue weighted by Gasteiger charge is -2.17. The predicted molar refractivity (Wildman–Crippen MR) is 73.7 cm³/mol. The average Bonchev–Trinajstić information content (AvgIpc) is 2.78. The van der Waals surface area contributed by atoms with Crippen molar-refractivity contribution in [1.82, 2.24) is 10.2 Å². The highest BCUT2D eigenvalue weighted by Gasteiger charge is 2.23. The molecular formula is C14H16ClN3O. The summed E-state index contributed by atoms with van der Waals surface area (Å²) < 4.78 is 0. The number of nitriles is 1. The first-order valence-electron chi connectivity index (χ1n) is 6.26. The van der Waals surface area contributed by atoms with Gasteiger partial charge in [-0.3, -0.25) is 9.69 Å². The molecule has 5 heteroatoms. The van der Waals surface area contributed by atoms with Crippen LogP contribution in [0.4, 0.5) is 0 Å². The van der Waals surface area contributed by atoms with Gasteiger partial charge in [-0.05, 0) is 24.1 Å². The molecule has 0 aliphatic carbocycles. The molecule has 1 aliphatic heterocycles. The Hall–Kier alpha value is -1.57. The van der Waals surface area contributed by atoms with Crippen LogP contribution in [0.2, 0.25) is 5.02 Å². The smallest absolute Gasteiger partial charge is 0.217 e. The summed E-state index contributed by atoms with van der Waals surface area (Å²) in [5.74, 6) is 0.0169. The van der Waals surface area contributed by atoms with Crippen LogP contribution in [-0.4, -0.2) is 29.9 Å². The summed E-state index contributed by atoms with van der Waals surface area (Å²) >= 11 is 6.16. The van der Waals surface area contributed by atoms with E-state index in [4.69, 9.17) is 16.9 Å². The van der Waals surface area contributed by atoms with Gasteiger partial charge in [0.15, 0.2) is 0 Å². The Kier molecular flexibility index (Phi) is 4.41. The zero-order valence-corrected chi connectivity index (χ0v) is 11.6. The Bertz CT molecular complexity index is 524. The molecule has 1 fully saturated rings. The second-order valence-electron chi connectivity index (χ2n) is 4.84. The number of hydrogen-bond acceptors (Lipinski definition) is 3. The number of carbonyl (C=O) groups excluding carboxylic acids is 1. The van der Waals surface area contributed by atoms with E-state index < -0.39 is 0 Å². The molecule has 2 rings (SSSR count). The van der Waals surface area contributed by atoms with Crippen LogP contribution in [0.1, 0.15) is 24.5 Å². The van der Waals surface area contributed by atoms with Crippen molar-refractivity contribution >= 4 is 17.5 Å². The number of rotatable bonds is 3. The van der Waals surface area contributed by atoms with Crippen LogP contribution in [-0.2, 0) is 11.3 Å². The number of hydrogen-bond donors (Lipinski definition) is 1. The molecule has 0 aromatic heterocycles. The zero-order chi connectivity index (χ0) is 13.8. The molecule has 0 spiro atoms. The maximum Gasteiger partial charge on any atom is 0.217 e. The lowest BCUT2D eigenvalue weighted by molar-refractivity contribution is -0.119. The third kappa shape index (κ3) is 3.69. The van der Waals surface area contributed by atoms with Gasteiger partial charge in [-0.2, -0.15) is 5.26 Å². The molecule has 0 radical (unpaired) electrons. The van der Waals surface area contributed by atoms with Gasteiger partial charge >= 0.3 is 0 Å². The van der Waals surface area contributed by atoms with Crippen LogP contribution in [0.15, 0.2) is 18.2 Å². The predicted octanol–water partition coefficient (Wildman–Crippen LogP) is 1.92. The summed E-state index contributed by atoms with van der Waals surface area (Å²) in [5.41, 5.74) is 1.59. The minimum Gasteiger partial charge on any atom is -0.352 e. The highest BCUT2D eigenvalue weighted by Crippen LogP contribution is 2.21. The normalized spacial score (nSPS) is 19.1. The summed E-state index contributed by atoms with van der Waals surface area (Å²) in [6.45, 7) is 4.08. The van der Waals surface area contributed by atoms with E-state index in [1.165, 1.54) is 0 Å². The molecule has 19 heavy (non-hydrogen) atoms. The summed E-state index contributed by atoms with van der Waals surface area (Å²) in [6.07, 6.45) is 0.966. The quantitative estimate of drug-likeness (QED) is 0.918. The minimum absolute atomic E-state index is 0.0169. The summed E-state index contributed by atoms with van der Waals surface area (Å²) in [6, 6.07) is 7.67. The molecular weight excluding hydrogens is 262 g/mol. The van der Waals surface area contributed by atoms with Gasteiger partial charge in [0.05, 0.1) is 11.6 Å². The van der Waals surface area contributed by atoms with Crippen LogP contribution in [0.25, 0.3) is 0 Å². The Labute approximate surface area is 118 Å². The highest BCUT2D eigenvalue weighted by atomic mass is 35.5. The molecule has 1 heterocycles. The highest BCUT2D eigenvalue weighted by molar-refractivity contribution is 6.31. The molecule has 1 atom stereocenters. The van der Waals surface area contributed by atoms with Crippen LogP contribution in [0.5, 0.6) is 0 Å². The van der Waals surface area contributed by atoms with E-state index in [0.29, 0.717) is 10.6 Å². The average molecular weight is 278 g/mol. The molecule has 4 nitrogen and oxygen atoms in total. The fourth-order valence-electron chi connectivity index (χ4n) is 2.37. The Morgan fingerprint density at radius 3 is 3.05 bits per heavy atom. The Morgan fingerprint density at radius 1 is 1.63 bits per heavy atom. The van der Waals surface area contributed by atoms with E-state index >= 15 is 0 Å². The van der Waals surface area contributed by atoms with E-state index in [2.05, 4.69) is 16.3 Å². The van der Waals surface area contributed by atoms with Crippen molar-refractivity contribution in [3.05, 3.63) is 34.3 Å². The van der Waals surface area contributed by atoms with Crippen molar-refractivity contribution in [3.8, 4) is 6.07 Å². The van der Waals surface area contributed by atoms with Crippen molar-refractivity contribution < 1.29 is 4.79 Å². The van der Waals surface area contributed by atoms with E-state index in [0.717, 1.165) is 31.6 Å². The molecule has 1 unspecified atom stereocenters. The second kappa shape index (κ2) is 6.05. The fraction of sp³-hybridized carbons (Fsp3) is 0.429. The topological polar surface area (TPSA) is 56.1 Å². The standard InChI is InChI=1S/C14H16ClN3O/c1-10(19)17-13-4-5-18(9-13)8-12-3-2-11(7-16)6-14(12)15/h2-3,6,13H,4-5,8-9H2,1H3,(H,17,19). The number of benzene rings is 1. The number of likely N-dealkylation sites (tertiary alicyclic amines) is 1. The van der Waals surface area contributed by atoms with Crippen molar-refractivity contribution in [3.63, 3.8) is 0 Å². The van der Waals surface area contributed by atoms with Crippen LogP contribution in [0.3, 0.4) is 0 Å². The number of nitrogens with one attached hydrogen (secondary N) is 1. The number of carbonyl (C=O) groups is 1. The van der Waals surface area contributed by atoms with E-state index in [9.17, 15) is 4.79 Å². The summed E-state index contributed by atoms with van der Waals surface area (Å²) in [4.78, 5) is 13.3. The van der Waals surface area contributed by atoms with Crippen LogP contribution < -0.4 is 5.32 Å². The number of halogens is 1. The molecule has 1 saturated heterocycles. The van der Waals surface area contributed by atoms with Gasteiger partial charge in [-0.15, -0.1) is 0 Å². The monoisotopic (exact) mass is 277 g/mol. The first-order valence-corrected chi connectivity index (χ1v) is 6.64. The van der Waals surface area contributed by atoms with Crippen molar-refractivity contribution in [2.24, 2.45) is 0 Å². The van der Waals surface area contributed by atoms with E-state index in [1.54, 1.807) is 19.1 Å². The van der Waals surface area contributed by atoms with E-state index in [-0.39, 0.29) is 11.9 Å². The Morgan fingerprint density at radius 2 is 2.42 bits per heavy atom. The van der Waals surface area contributed by atoms with Crippen molar-refractivity contribution in [2.45, 2.75) is 25.9 Å². The Balaban J connectivity index is 1.96. The molecule has 100 valence electrons. The lowest BCUT2D eigenvalue weighted by atomic mass is 10.1. The van der Waals surface area contributed by atoms with Gasteiger partial charge in [-0.25, -0.2) is 0 Å². The number of nitrogens with zero attached hydrogens (tertiary/aromatic N) is 2. The molecule has 1 aromatic rings. The third-order valence-electron chi connectivity index (χ3n) is 3.26. The molecule has 1 N–H and O–H groups in total. The molecule has 0 saturated carbocycles. The molecule has 0 bridgehead atoms. The SMILES string of the molecule is CC(=O)NC1CCN(Cc2ccc(C#N)cc2Cl)C1. The maximum absolute atomic E-state index is 11.0. The zero-order valence-electron chi connectivity index (χ0n) is 10.8. The lowest BCUT2D eigenvalue weighted by Crippen LogP contribution is -2.35. The van der Waals surface area contributed by atoms with Gasteiger partial charge in [0.25, 0.3) is 0 Å². The van der Waals surface area contributed by atoms with E-state index in [1.807, 2.05) is 6.07 Å². The van der Waals surface area contributed by atoms with Crippen LogP contribution in [0, 0.1) is 11.3 Å². The first kappa shape index (κ1) is 13.9. The van der Waals surface area contributed by atoms with Gasteiger partial charge in [0, 0.05) is 37.6 Å². The van der Waals surface area contributed by atoms with Gasteiger partial charge in [-0.1, -0.05) is 17.7 Å². The maximum atomic E-state index is 11.0. The number of amides is 1. The van der Waals surface area contributed by atoms with Gasteiger partial charge in [0.2, 0.25) is 5.91 Å². The largest absolute Gasteiger partial charge is 0.352 e. The third-order valence-corrected chi connectivity index (χ3v) is 3.61. The summed E-state index contributed by atoms with van der Waals surface area (Å²) in [7, 11) is 0. The molecule has 1 amide bonds. The van der Waals surface area contributed by atoms with Gasteiger partial charge < -0.3 is 5.32 Å².